The van der Waals surface area contributed by atoms with Crippen molar-refractivity contribution in [2.24, 2.45) is 5.92 Å². The molecule has 1 saturated carbocycles. The lowest BCUT2D eigenvalue weighted by molar-refractivity contribution is 0.0361. The summed E-state index contributed by atoms with van der Waals surface area (Å²) < 4.78 is 0. The van der Waals surface area contributed by atoms with E-state index in [1.165, 1.54) is 32.4 Å². The Balaban J connectivity index is 1.67. The number of aliphatic hydroxyl groups is 1. The molecule has 3 heteroatoms. The molecule has 1 heterocycles. The lowest BCUT2D eigenvalue weighted by Gasteiger charge is -2.27. The highest BCUT2D eigenvalue weighted by Gasteiger charge is 2.34. The Bertz CT molecular complexity index is 249. The third-order valence-corrected chi connectivity index (χ3v) is 3.90. The van der Waals surface area contributed by atoms with Crippen molar-refractivity contribution in [1.29, 1.82) is 0 Å². The van der Waals surface area contributed by atoms with Gasteiger partial charge in [0, 0.05) is 31.7 Å². The minimum Gasteiger partial charge on any atom is -0.389 e. The summed E-state index contributed by atoms with van der Waals surface area (Å²) in [6, 6.07) is 1.48. The van der Waals surface area contributed by atoms with E-state index in [1.807, 2.05) is 6.92 Å². The maximum atomic E-state index is 10.3. The highest BCUT2D eigenvalue weighted by atomic mass is 16.3. The Morgan fingerprint density at radius 2 is 2.06 bits per heavy atom. The first kappa shape index (κ1) is 13.3. The van der Waals surface area contributed by atoms with Crippen molar-refractivity contribution >= 4 is 0 Å². The van der Waals surface area contributed by atoms with Crippen LogP contribution in [0.1, 0.15) is 46.5 Å². The maximum Gasteiger partial charge on any atom is 0.0746 e. The average Bonchev–Trinajstić information content (AvgIpc) is 2.94. The lowest BCUT2D eigenvalue weighted by Crippen LogP contribution is -2.44. The normalized spacial score (nSPS) is 29.8. The Hall–Kier alpha value is -0.120. The predicted octanol–water partition coefficient (Wildman–Crippen LogP) is 1.61. The maximum absolute atomic E-state index is 10.3. The first-order chi connectivity index (χ1) is 7.96. The van der Waals surface area contributed by atoms with E-state index in [2.05, 4.69) is 24.1 Å². The van der Waals surface area contributed by atoms with Crippen LogP contribution in [0.25, 0.3) is 0 Å². The van der Waals surface area contributed by atoms with Crippen molar-refractivity contribution < 1.29 is 5.11 Å². The van der Waals surface area contributed by atoms with Gasteiger partial charge in [0.1, 0.15) is 0 Å². The topological polar surface area (TPSA) is 35.5 Å². The van der Waals surface area contributed by atoms with E-state index in [-0.39, 0.29) is 0 Å². The van der Waals surface area contributed by atoms with E-state index in [0.717, 1.165) is 19.0 Å². The van der Waals surface area contributed by atoms with E-state index >= 15 is 0 Å². The predicted molar refractivity (Wildman–Crippen MR) is 71.1 cm³/mol. The van der Waals surface area contributed by atoms with Gasteiger partial charge in [-0.3, -0.25) is 4.90 Å². The number of rotatable bonds is 6. The Morgan fingerprint density at radius 1 is 1.35 bits per heavy atom. The fourth-order valence-electron chi connectivity index (χ4n) is 3.04. The van der Waals surface area contributed by atoms with Gasteiger partial charge in [0.15, 0.2) is 0 Å². The molecule has 0 aromatic rings. The molecule has 0 aromatic carbocycles. The van der Waals surface area contributed by atoms with Crippen LogP contribution in [0.5, 0.6) is 0 Å². The molecule has 17 heavy (non-hydrogen) atoms. The molecule has 2 rings (SSSR count). The highest BCUT2D eigenvalue weighted by Crippen LogP contribution is 2.29. The molecule has 100 valence electrons. The number of hydrogen-bond donors (Lipinski definition) is 2. The fraction of sp³-hybridized carbons (Fsp3) is 1.00. The highest BCUT2D eigenvalue weighted by molar-refractivity contribution is 4.92. The van der Waals surface area contributed by atoms with Crippen LogP contribution in [0, 0.1) is 5.92 Å². The molecule has 1 aliphatic carbocycles. The molecular formula is C14H28N2O. The van der Waals surface area contributed by atoms with Crippen LogP contribution in [0.4, 0.5) is 0 Å². The van der Waals surface area contributed by atoms with Gasteiger partial charge < -0.3 is 10.4 Å². The molecule has 1 aliphatic heterocycles. The zero-order valence-electron chi connectivity index (χ0n) is 11.6. The number of nitrogens with one attached hydrogen (secondary N) is 1. The van der Waals surface area contributed by atoms with Gasteiger partial charge in [-0.2, -0.15) is 0 Å². The molecule has 2 fully saturated rings. The zero-order valence-corrected chi connectivity index (χ0v) is 11.6. The molecule has 2 aliphatic rings. The van der Waals surface area contributed by atoms with E-state index < -0.39 is 5.60 Å². The zero-order chi connectivity index (χ0) is 12.5. The van der Waals surface area contributed by atoms with Gasteiger partial charge >= 0.3 is 0 Å². The monoisotopic (exact) mass is 240 g/mol. The van der Waals surface area contributed by atoms with Crippen molar-refractivity contribution in [3.05, 3.63) is 0 Å². The molecule has 0 bridgehead atoms. The van der Waals surface area contributed by atoms with Crippen molar-refractivity contribution in [3.8, 4) is 0 Å². The van der Waals surface area contributed by atoms with E-state index in [1.54, 1.807) is 0 Å². The van der Waals surface area contributed by atoms with Gasteiger partial charge in [-0.1, -0.05) is 13.8 Å². The summed E-state index contributed by atoms with van der Waals surface area (Å²) in [4.78, 5) is 2.61. The van der Waals surface area contributed by atoms with Crippen LogP contribution >= 0.6 is 0 Å². The Kier molecular flexibility index (Phi) is 4.11. The van der Waals surface area contributed by atoms with Crippen molar-refractivity contribution in [2.75, 3.05) is 19.6 Å². The van der Waals surface area contributed by atoms with Crippen LogP contribution in [-0.4, -0.2) is 47.3 Å². The van der Waals surface area contributed by atoms with Crippen molar-refractivity contribution in [1.82, 2.24) is 10.2 Å². The quantitative estimate of drug-likeness (QED) is 0.740. The second-order valence-electron chi connectivity index (χ2n) is 6.69. The van der Waals surface area contributed by atoms with Crippen molar-refractivity contribution in [2.45, 2.75) is 64.1 Å². The SMILES string of the molecule is CC(C)CC(C)(O)CNC1CCN(C2CC2)C1. The average molecular weight is 240 g/mol. The van der Waals surface area contributed by atoms with Crippen LogP contribution in [0.2, 0.25) is 0 Å². The van der Waals surface area contributed by atoms with Crippen LogP contribution in [0.15, 0.2) is 0 Å². The molecule has 1 saturated heterocycles. The minimum atomic E-state index is -0.554. The molecule has 2 atom stereocenters. The molecule has 0 radical (unpaired) electrons. The molecule has 3 nitrogen and oxygen atoms in total. The van der Waals surface area contributed by atoms with E-state index in [4.69, 9.17) is 0 Å². The van der Waals surface area contributed by atoms with Crippen LogP contribution in [-0.2, 0) is 0 Å². The van der Waals surface area contributed by atoms with Gasteiger partial charge in [-0.15, -0.1) is 0 Å². The summed E-state index contributed by atoms with van der Waals surface area (Å²) in [7, 11) is 0. The van der Waals surface area contributed by atoms with Crippen LogP contribution in [0.3, 0.4) is 0 Å². The van der Waals surface area contributed by atoms with Crippen molar-refractivity contribution in [3.63, 3.8) is 0 Å². The minimum absolute atomic E-state index is 0.554. The fourth-order valence-corrected chi connectivity index (χ4v) is 3.04. The lowest BCUT2D eigenvalue weighted by atomic mass is 9.94. The molecule has 2 N–H and O–H groups in total. The summed E-state index contributed by atoms with van der Waals surface area (Å²) in [6.45, 7) is 9.44. The van der Waals surface area contributed by atoms with Gasteiger partial charge in [0.25, 0.3) is 0 Å². The number of likely N-dealkylation sites (tertiary alicyclic amines) is 1. The summed E-state index contributed by atoms with van der Waals surface area (Å²) in [6.07, 6.45) is 4.92. The second-order valence-corrected chi connectivity index (χ2v) is 6.69. The molecule has 0 amide bonds. The summed E-state index contributed by atoms with van der Waals surface area (Å²) in [5, 5.41) is 13.8. The molecular weight excluding hydrogens is 212 g/mol. The van der Waals surface area contributed by atoms with Gasteiger partial charge in [-0.05, 0) is 38.5 Å². The number of nitrogens with zero attached hydrogens (tertiary/aromatic N) is 1. The standard InChI is InChI=1S/C14H28N2O/c1-11(2)8-14(3,17)10-15-12-6-7-16(9-12)13-4-5-13/h11-13,15,17H,4-10H2,1-3H3. The largest absolute Gasteiger partial charge is 0.389 e. The number of hydrogen-bond acceptors (Lipinski definition) is 3. The first-order valence-electron chi connectivity index (χ1n) is 7.16. The van der Waals surface area contributed by atoms with Crippen LogP contribution < -0.4 is 5.32 Å². The molecule has 0 spiro atoms. The van der Waals surface area contributed by atoms with Gasteiger partial charge in [0.05, 0.1) is 5.60 Å². The van der Waals surface area contributed by atoms with Gasteiger partial charge in [0.2, 0.25) is 0 Å². The summed E-state index contributed by atoms with van der Waals surface area (Å²) in [5.41, 5.74) is -0.554. The first-order valence-corrected chi connectivity index (χ1v) is 7.16. The smallest absolute Gasteiger partial charge is 0.0746 e. The molecule has 0 aromatic heterocycles. The Labute approximate surface area is 106 Å². The van der Waals surface area contributed by atoms with E-state index in [0.29, 0.717) is 12.0 Å². The molecule has 2 unspecified atom stereocenters. The third kappa shape index (κ3) is 4.23. The van der Waals surface area contributed by atoms with E-state index in [9.17, 15) is 5.11 Å². The summed E-state index contributed by atoms with van der Waals surface area (Å²) >= 11 is 0. The Morgan fingerprint density at radius 3 is 2.65 bits per heavy atom. The third-order valence-electron chi connectivity index (χ3n) is 3.90. The second kappa shape index (κ2) is 5.25. The summed E-state index contributed by atoms with van der Waals surface area (Å²) in [5.74, 6) is 0.554. The van der Waals surface area contributed by atoms with Gasteiger partial charge in [-0.25, -0.2) is 0 Å².